The minimum Gasteiger partial charge on any atom is -0.300 e. The Labute approximate surface area is 79.4 Å². The van der Waals surface area contributed by atoms with E-state index in [0.717, 1.165) is 13.1 Å². The average molecular weight is 204 g/mol. The van der Waals surface area contributed by atoms with E-state index in [2.05, 4.69) is 9.80 Å². The lowest BCUT2D eigenvalue weighted by molar-refractivity contribution is 0.0831. The van der Waals surface area contributed by atoms with Crippen molar-refractivity contribution in [1.29, 1.82) is 0 Å². The topological polar surface area (TPSA) is 40.6 Å². The van der Waals surface area contributed by atoms with Crippen molar-refractivity contribution in [1.82, 2.24) is 9.80 Å². The second kappa shape index (κ2) is 2.93. The van der Waals surface area contributed by atoms with E-state index in [9.17, 15) is 8.42 Å². The van der Waals surface area contributed by atoms with E-state index in [4.69, 9.17) is 0 Å². The van der Waals surface area contributed by atoms with Gasteiger partial charge in [-0.15, -0.1) is 0 Å². The van der Waals surface area contributed by atoms with Gasteiger partial charge in [-0.25, -0.2) is 8.42 Å². The first-order chi connectivity index (χ1) is 5.99. The van der Waals surface area contributed by atoms with Crippen molar-refractivity contribution in [3.63, 3.8) is 0 Å². The Morgan fingerprint density at radius 2 is 1.38 bits per heavy atom. The molecule has 2 aliphatic rings. The van der Waals surface area contributed by atoms with Crippen molar-refractivity contribution < 1.29 is 8.42 Å². The highest BCUT2D eigenvalue weighted by Gasteiger charge is 2.43. The zero-order valence-electron chi connectivity index (χ0n) is 8.10. The van der Waals surface area contributed by atoms with Crippen molar-refractivity contribution in [2.24, 2.45) is 0 Å². The Balaban J connectivity index is 2.24. The minimum absolute atomic E-state index is 0.226. The maximum Gasteiger partial charge on any atom is 0.153 e. The Morgan fingerprint density at radius 3 is 1.77 bits per heavy atom. The van der Waals surface area contributed by atoms with E-state index in [0.29, 0.717) is 11.5 Å². The summed E-state index contributed by atoms with van der Waals surface area (Å²) in [7, 11) is 1.26. The lowest BCUT2D eigenvalue weighted by Gasteiger charge is -2.40. The van der Waals surface area contributed by atoms with Crippen LogP contribution in [0.2, 0.25) is 0 Å². The predicted molar refractivity (Wildman–Crippen MR) is 51.5 cm³/mol. The quantitative estimate of drug-likeness (QED) is 0.509. The first-order valence-electron chi connectivity index (χ1n) is 4.60. The van der Waals surface area contributed by atoms with Crippen molar-refractivity contribution in [3.8, 4) is 0 Å². The molecule has 2 heterocycles. The molecule has 1 unspecified atom stereocenters. The zero-order valence-corrected chi connectivity index (χ0v) is 8.92. The molecule has 5 heteroatoms. The van der Waals surface area contributed by atoms with Gasteiger partial charge >= 0.3 is 0 Å². The molecular weight excluding hydrogens is 188 g/mol. The van der Waals surface area contributed by atoms with Gasteiger partial charge in [0.25, 0.3) is 0 Å². The molecule has 0 amide bonds. The summed E-state index contributed by atoms with van der Waals surface area (Å²) < 4.78 is 22.9. The molecule has 0 spiro atoms. The van der Waals surface area contributed by atoms with Crippen LogP contribution in [0.4, 0.5) is 0 Å². The molecule has 0 bridgehead atoms. The van der Waals surface area contributed by atoms with Crippen molar-refractivity contribution in [2.45, 2.75) is 12.1 Å². The highest BCUT2D eigenvalue weighted by molar-refractivity contribution is 7.91. The van der Waals surface area contributed by atoms with Gasteiger partial charge < -0.3 is 0 Å². The third kappa shape index (κ3) is 1.60. The standard InChI is InChI=1S/C8H16N2O2S/c1-9-3-4-10(2)8-6-13(11,12)5-7(8)9/h7-8H,3-6H2,1-2H3/t7-,8?/m1/s1. The van der Waals surface area contributed by atoms with E-state index in [1.807, 2.05) is 14.1 Å². The summed E-state index contributed by atoms with van der Waals surface area (Å²) in [6, 6.07) is 0.451. The molecule has 0 aromatic heterocycles. The largest absolute Gasteiger partial charge is 0.300 e. The molecule has 0 aromatic rings. The van der Waals surface area contributed by atoms with Gasteiger partial charge in [-0.3, -0.25) is 9.80 Å². The summed E-state index contributed by atoms with van der Waals surface area (Å²) in [6.45, 7) is 1.96. The van der Waals surface area contributed by atoms with Crippen LogP contribution in [0.15, 0.2) is 0 Å². The van der Waals surface area contributed by atoms with Crippen LogP contribution in [0.5, 0.6) is 0 Å². The van der Waals surface area contributed by atoms with Crippen LogP contribution in [0.1, 0.15) is 0 Å². The normalized spacial score (nSPS) is 40.5. The molecule has 0 saturated carbocycles. The minimum atomic E-state index is -2.78. The molecule has 76 valence electrons. The van der Waals surface area contributed by atoms with Crippen LogP contribution in [0.25, 0.3) is 0 Å². The average Bonchev–Trinajstić information content (AvgIpc) is 2.35. The summed E-state index contributed by atoms with van der Waals surface area (Å²) in [5.74, 6) is 0.691. The summed E-state index contributed by atoms with van der Waals surface area (Å²) in [5, 5.41) is 0. The fourth-order valence-corrected chi connectivity index (χ4v) is 4.43. The van der Waals surface area contributed by atoms with E-state index < -0.39 is 9.84 Å². The number of piperazine rings is 1. The number of rotatable bonds is 0. The van der Waals surface area contributed by atoms with Gasteiger partial charge in [0.1, 0.15) is 0 Å². The van der Waals surface area contributed by atoms with Gasteiger partial charge in [0, 0.05) is 25.2 Å². The van der Waals surface area contributed by atoms with Gasteiger partial charge in [-0.1, -0.05) is 0 Å². The smallest absolute Gasteiger partial charge is 0.153 e. The third-order valence-corrected chi connectivity index (χ3v) is 4.93. The number of hydrogen-bond donors (Lipinski definition) is 0. The van der Waals surface area contributed by atoms with Crippen LogP contribution in [0, 0.1) is 0 Å². The fourth-order valence-electron chi connectivity index (χ4n) is 2.30. The molecule has 0 N–H and O–H groups in total. The fraction of sp³-hybridized carbons (Fsp3) is 1.00. The first kappa shape index (κ1) is 9.43. The highest BCUT2D eigenvalue weighted by atomic mass is 32.2. The lowest BCUT2D eigenvalue weighted by Crippen LogP contribution is -2.56. The van der Waals surface area contributed by atoms with Gasteiger partial charge in [-0.2, -0.15) is 0 Å². The van der Waals surface area contributed by atoms with Crippen LogP contribution in [0.3, 0.4) is 0 Å². The second-order valence-electron chi connectivity index (χ2n) is 4.17. The van der Waals surface area contributed by atoms with Gasteiger partial charge in [0.2, 0.25) is 0 Å². The van der Waals surface area contributed by atoms with E-state index in [1.54, 1.807) is 0 Å². The third-order valence-electron chi connectivity index (χ3n) is 3.23. The Kier molecular flexibility index (Phi) is 2.13. The molecule has 0 aromatic carbocycles. The SMILES string of the molecule is CN1CCN(C)[C@@H]2CS(=O)(=O)CC21. The highest BCUT2D eigenvalue weighted by Crippen LogP contribution is 2.24. The van der Waals surface area contributed by atoms with Gasteiger partial charge in [-0.05, 0) is 14.1 Å². The molecule has 2 atom stereocenters. The molecule has 2 saturated heterocycles. The Hall–Kier alpha value is -0.130. The van der Waals surface area contributed by atoms with Crippen LogP contribution < -0.4 is 0 Å². The maximum atomic E-state index is 11.4. The van der Waals surface area contributed by atoms with Crippen molar-refractivity contribution in [2.75, 3.05) is 38.7 Å². The van der Waals surface area contributed by atoms with Crippen molar-refractivity contribution in [3.05, 3.63) is 0 Å². The summed E-state index contributed by atoms with van der Waals surface area (Å²) in [6.07, 6.45) is 0. The molecule has 0 aliphatic carbocycles. The molecule has 0 radical (unpaired) electrons. The number of hydrogen-bond acceptors (Lipinski definition) is 4. The molecular formula is C8H16N2O2S. The number of sulfone groups is 1. The number of fused-ring (bicyclic) bond motifs is 1. The summed E-state index contributed by atoms with van der Waals surface area (Å²) in [5.41, 5.74) is 0. The molecule has 2 fully saturated rings. The number of likely N-dealkylation sites (N-methyl/N-ethyl adjacent to an activating group) is 2. The predicted octanol–water partition coefficient (Wildman–Crippen LogP) is -0.971. The Bertz CT molecular complexity index is 277. The van der Waals surface area contributed by atoms with E-state index in [1.165, 1.54) is 0 Å². The molecule has 13 heavy (non-hydrogen) atoms. The summed E-state index contributed by atoms with van der Waals surface area (Å²) >= 11 is 0. The van der Waals surface area contributed by atoms with E-state index in [-0.39, 0.29) is 12.1 Å². The first-order valence-corrected chi connectivity index (χ1v) is 6.43. The van der Waals surface area contributed by atoms with Crippen LogP contribution >= 0.6 is 0 Å². The Morgan fingerprint density at radius 1 is 1.00 bits per heavy atom. The van der Waals surface area contributed by atoms with Gasteiger partial charge in [0.15, 0.2) is 9.84 Å². The molecule has 4 nitrogen and oxygen atoms in total. The van der Waals surface area contributed by atoms with Crippen LogP contribution in [-0.2, 0) is 9.84 Å². The second-order valence-corrected chi connectivity index (χ2v) is 6.33. The monoisotopic (exact) mass is 204 g/mol. The molecule has 2 rings (SSSR count). The number of nitrogens with zero attached hydrogens (tertiary/aromatic N) is 2. The zero-order chi connectivity index (χ0) is 9.64. The van der Waals surface area contributed by atoms with Crippen molar-refractivity contribution >= 4 is 9.84 Å². The lowest BCUT2D eigenvalue weighted by atomic mass is 10.1. The summed E-state index contributed by atoms with van der Waals surface area (Å²) in [4.78, 5) is 4.35. The van der Waals surface area contributed by atoms with E-state index >= 15 is 0 Å². The van der Waals surface area contributed by atoms with Crippen LogP contribution in [-0.4, -0.2) is 69.0 Å². The van der Waals surface area contributed by atoms with Gasteiger partial charge in [0.05, 0.1) is 11.5 Å². The molecule has 2 aliphatic heterocycles. The maximum absolute atomic E-state index is 11.4.